The summed E-state index contributed by atoms with van der Waals surface area (Å²) in [4.78, 5) is 24.7. The van der Waals surface area contributed by atoms with Gasteiger partial charge in [-0.25, -0.2) is 9.83 Å². The van der Waals surface area contributed by atoms with E-state index in [1.807, 2.05) is 24.3 Å². The smallest absolute Gasteiger partial charge is 0.306 e. The summed E-state index contributed by atoms with van der Waals surface area (Å²) < 4.78 is 39.3. The van der Waals surface area contributed by atoms with Crippen molar-refractivity contribution >= 4 is 11.8 Å². The lowest BCUT2D eigenvalue weighted by molar-refractivity contribution is -0.137. The van der Waals surface area contributed by atoms with E-state index in [1.54, 1.807) is 0 Å². The van der Waals surface area contributed by atoms with Gasteiger partial charge in [0.05, 0.1) is 23.4 Å². The number of hydrogen-bond acceptors (Lipinski definition) is 2. The molecule has 1 atom stereocenters. The average molecular weight is 514 g/mol. The van der Waals surface area contributed by atoms with Gasteiger partial charge in [0.2, 0.25) is 0 Å². The van der Waals surface area contributed by atoms with E-state index in [0.29, 0.717) is 22.5 Å². The number of benzene rings is 2. The molecular formula is C31H26F3N3O. The molecule has 0 aliphatic heterocycles. The number of hydrogen-bond donors (Lipinski definition) is 1. The number of alkyl halides is 3. The van der Waals surface area contributed by atoms with Gasteiger partial charge in [0.1, 0.15) is 5.82 Å². The van der Waals surface area contributed by atoms with Crippen molar-refractivity contribution in [1.29, 1.82) is 0 Å². The van der Waals surface area contributed by atoms with E-state index in [2.05, 4.69) is 15.9 Å². The number of aromatic nitrogens is 2. The monoisotopic (exact) mass is 513 g/mol. The zero-order valence-corrected chi connectivity index (χ0v) is 20.7. The van der Waals surface area contributed by atoms with E-state index in [-0.39, 0.29) is 22.7 Å². The van der Waals surface area contributed by atoms with Crippen LogP contribution in [0.4, 0.5) is 18.9 Å². The Morgan fingerprint density at radius 3 is 2.08 bits per heavy atom. The molecule has 4 nitrogen and oxygen atoms in total. The van der Waals surface area contributed by atoms with Gasteiger partial charge in [-0.2, -0.15) is 13.2 Å². The molecule has 2 aromatic carbocycles. The summed E-state index contributed by atoms with van der Waals surface area (Å²) in [5.74, 6) is 2.24. The fourth-order valence-electron chi connectivity index (χ4n) is 8.20. The number of nitrogens with zero attached hydrogens (tertiary/aromatic N) is 2. The molecule has 5 aliphatic carbocycles. The fourth-order valence-corrected chi connectivity index (χ4v) is 8.20. The zero-order chi connectivity index (χ0) is 26.2. The summed E-state index contributed by atoms with van der Waals surface area (Å²) in [5.41, 5.74) is 3.47. The van der Waals surface area contributed by atoms with Gasteiger partial charge in [-0.05, 0) is 91.0 Å². The van der Waals surface area contributed by atoms with Crippen molar-refractivity contribution in [2.45, 2.75) is 50.6 Å². The first-order chi connectivity index (χ1) is 18.2. The standard InChI is InChI=1S/C31H26F3N3O/c1-35-23-8-4-20(5-9-23)26-25(30-14-17-10-18(15-30)12-19(11-17)16-30)13-24-27(26)36-28(37-29(24)38)21-2-6-22(7-3-21)31(32,33)34/h2-9,13,17-19,26H,10-12,14-16H2,(H,36,37,38). The maximum Gasteiger partial charge on any atom is 0.416 e. The molecule has 0 radical (unpaired) electrons. The molecule has 0 saturated heterocycles. The summed E-state index contributed by atoms with van der Waals surface area (Å²) in [6.07, 6.45) is 4.97. The molecule has 1 N–H and O–H groups in total. The van der Waals surface area contributed by atoms with Crippen molar-refractivity contribution in [3.63, 3.8) is 0 Å². The van der Waals surface area contributed by atoms with Crippen molar-refractivity contribution in [2.75, 3.05) is 0 Å². The Bertz CT molecular complexity index is 1520. The third-order valence-corrected chi connectivity index (χ3v) is 9.36. The molecule has 1 unspecified atom stereocenters. The molecule has 4 bridgehead atoms. The maximum atomic E-state index is 13.4. The van der Waals surface area contributed by atoms with E-state index < -0.39 is 11.7 Å². The second-order valence-electron chi connectivity index (χ2n) is 11.7. The predicted octanol–water partition coefficient (Wildman–Crippen LogP) is 7.75. The van der Waals surface area contributed by atoms with Crippen LogP contribution < -0.4 is 5.56 Å². The molecule has 3 aromatic rings. The molecule has 1 heterocycles. The number of nitrogens with one attached hydrogen (secondary N) is 1. The molecule has 0 amide bonds. The van der Waals surface area contributed by atoms with Crippen LogP contribution >= 0.6 is 0 Å². The van der Waals surface area contributed by atoms with Gasteiger partial charge >= 0.3 is 6.18 Å². The van der Waals surface area contributed by atoms with Crippen LogP contribution in [-0.4, -0.2) is 9.97 Å². The second kappa shape index (κ2) is 8.17. The highest BCUT2D eigenvalue weighted by molar-refractivity contribution is 5.71. The highest BCUT2D eigenvalue weighted by atomic mass is 19.4. The van der Waals surface area contributed by atoms with Gasteiger partial charge < -0.3 is 4.98 Å². The first-order valence-corrected chi connectivity index (χ1v) is 13.2. The lowest BCUT2D eigenvalue weighted by Gasteiger charge is -2.58. The minimum atomic E-state index is -4.43. The van der Waals surface area contributed by atoms with Gasteiger partial charge in [-0.1, -0.05) is 36.4 Å². The molecule has 192 valence electrons. The Balaban J connectivity index is 1.36. The van der Waals surface area contributed by atoms with E-state index in [9.17, 15) is 18.0 Å². The van der Waals surface area contributed by atoms with Crippen molar-refractivity contribution in [3.8, 4) is 11.4 Å². The van der Waals surface area contributed by atoms with Crippen LogP contribution in [0.3, 0.4) is 0 Å². The highest BCUT2D eigenvalue weighted by Crippen LogP contribution is 2.66. The molecule has 38 heavy (non-hydrogen) atoms. The third-order valence-electron chi connectivity index (χ3n) is 9.36. The largest absolute Gasteiger partial charge is 0.416 e. The van der Waals surface area contributed by atoms with E-state index in [1.165, 1.54) is 37.0 Å². The third kappa shape index (κ3) is 3.65. The van der Waals surface area contributed by atoms with E-state index in [4.69, 9.17) is 11.6 Å². The number of fused-ring (bicyclic) bond motifs is 1. The van der Waals surface area contributed by atoms with Crippen molar-refractivity contribution < 1.29 is 13.2 Å². The Morgan fingerprint density at radius 2 is 1.53 bits per heavy atom. The Labute approximate surface area is 218 Å². The van der Waals surface area contributed by atoms with Gasteiger partial charge in [0.25, 0.3) is 5.56 Å². The van der Waals surface area contributed by atoms with E-state index in [0.717, 1.165) is 54.7 Å². The average Bonchev–Trinajstić information content (AvgIpc) is 3.29. The summed E-state index contributed by atoms with van der Waals surface area (Å²) in [7, 11) is 0. The maximum absolute atomic E-state index is 13.4. The quantitative estimate of drug-likeness (QED) is 0.364. The Hall–Kier alpha value is -3.66. The van der Waals surface area contributed by atoms with E-state index >= 15 is 0 Å². The van der Waals surface area contributed by atoms with Crippen molar-refractivity contribution in [1.82, 2.24) is 9.97 Å². The number of aromatic amines is 1. The lowest BCUT2D eigenvalue weighted by Crippen LogP contribution is -2.47. The van der Waals surface area contributed by atoms with Gasteiger partial charge in [-0.15, -0.1) is 0 Å². The Kier molecular flexibility index (Phi) is 5.04. The minimum absolute atomic E-state index is 0.0412. The molecule has 7 heteroatoms. The Morgan fingerprint density at radius 1 is 0.921 bits per heavy atom. The molecule has 4 fully saturated rings. The second-order valence-corrected chi connectivity index (χ2v) is 11.7. The summed E-state index contributed by atoms with van der Waals surface area (Å²) in [6.45, 7) is 7.35. The summed E-state index contributed by atoms with van der Waals surface area (Å²) >= 11 is 0. The van der Waals surface area contributed by atoms with Crippen LogP contribution in [-0.2, 0) is 6.18 Å². The van der Waals surface area contributed by atoms with Crippen LogP contribution in [0.15, 0.2) is 58.9 Å². The summed E-state index contributed by atoms with van der Waals surface area (Å²) in [6, 6.07) is 12.3. The van der Waals surface area contributed by atoms with Crippen LogP contribution in [0.5, 0.6) is 0 Å². The number of allylic oxidation sites excluding steroid dienone is 1. The lowest BCUT2D eigenvalue weighted by atomic mass is 9.47. The molecule has 4 saturated carbocycles. The predicted molar refractivity (Wildman–Crippen MR) is 138 cm³/mol. The molecular weight excluding hydrogens is 487 g/mol. The zero-order valence-electron chi connectivity index (χ0n) is 20.7. The highest BCUT2D eigenvalue weighted by Gasteiger charge is 2.55. The van der Waals surface area contributed by atoms with Gasteiger partial charge in [-0.3, -0.25) is 4.79 Å². The molecule has 0 spiro atoms. The number of halogens is 3. The van der Waals surface area contributed by atoms with Crippen LogP contribution in [0.25, 0.3) is 22.3 Å². The van der Waals surface area contributed by atoms with Crippen LogP contribution in [0.1, 0.15) is 66.8 Å². The van der Waals surface area contributed by atoms with Crippen LogP contribution in [0, 0.1) is 29.7 Å². The topological polar surface area (TPSA) is 50.1 Å². The van der Waals surface area contributed by atoms with Gasteiger partial charge in [0.15, 0.2) is 5.69 Å². The van der Waals surface area contributed by atoms with Gasteiger partial charge in [0, 0.05) is 11.5 Å². The normalized spacial score (nSPS) is 29.2. The minimum Gasteiger partial charge on any atom is -0.306 e. The molecule has 5 aliphatic rings. The SMILES string of the molecule is [C-]#[N+]c1ccc(C2C(C34CC5CC(CC(C5)C3)C4)=Cc3c2nc(-c2ccc(C(F)(F)F)cc2)[nH]c3=O)cc1. The fraction of sp³-hybridized carbons (Fsp3) is 0.387. The van der Waals surface area contributed by atoms with Crippen molar-refractivity contribution in [3.05, 3.63) is 98.3 Å². The molecule has 8 rings (SSSR count). The first-order valence-electron chi connectivity index (χ1n) is 13.2. The molecule has 1 aromatic heterocycles. The number of H-pyrrole nitrogens is 1. The number of rotatable bonds is 3. The van der Waals surface area contributed by atoms with Crippen molar-refractivity contribution in [2.24, 2.45) is 23.2 Å². The summed E-state index contributed by atoms with van der Waals surface area (Å²) in [5, 5.41) is 0. The first kappa shape index (κ1) is 23.5. The van der Waals surface area contributed by atoms with Crippen LogP contribution in [0.2, 0.25) is 0 Å².